The summed E-state index contributed by atoms with van der Waals surface area (Å²) in [7, 11) is 0. The first-order chi connectivity index (χ1) is 36.5. The highest BCUT2D eigenvalue weighted by Crippen LogP contribution is 2.76. The van der Waals surface area contributed by atoms with Crippen molar-refractivity contribution in [2.45, 2.75) is 60.2 Å². The number of hydrogen-bond donors (Lipinski definition) is 0. The normalized spacial score (nSPS) is 23.0. The summed E-state index contributed by atoms with van der Waals surface area (Å²) in [6.07, 6.45) is 6.72. The summed E-state index contributed by atoms with van der Waals surface area (Å²) >= 11 is 0. The second-order valence-corrected chi connectivity index (χ2v) is 24.1. The molecule has 0 spiro atoms. The topological polar surface area (TPSA) is 0 Å². The van der Waals surface area contributed by atoms with Gasteiger partial charge in [-0.25, -0.2) is 0 Å². The standard InChI is InChI=1S/C74H48/c1-5-43-13-17-51-25-33-59(55-29-21-47(9-1)63(43)67(51)55)71-37-72(60-34-26-52-18-14-44-6-2-10-48-22-30-56(60)68(52)64(44)48)40-73(38-71,61-35-27-53-19-15-45-7-3-11-49-23-31-57(61)69(53)65(45)49)42-74(39-71,41-72)62-36-28-54-20-16-46-8-4-12-50-24-32-58(62)70(54)66(46)50/h1-36H,37-42H2. The summed E-state index contributed by atoms with van der Waals surface area (Å²) in [4.78, 5) is 0. The Hall–Kier alpha value is -8.32. The Balaban J connectivity index is 0.983. The van der Waals surface area contributed by atoms with Crippen molar-refractivity contribution in [1.82, 2.24) is 0 Å². The molecule has 4 aliphatic rings. The van der Waals surface area contributed by atoms with Crippen LogP contribution in [-0.2, 0) is 21.7 Å². The SMILES string of the molecule is c1cc2ccc3ccc(C45CC6(c7ccc8ccc9cccc%10ccc7c8c9%10)CC(c7ccc8ccc9cccc%10ccc7c8c9%10)(C4)CC(c4ccc7ccc8cccc9ccc4c7c89)(C5)C6)c4ccc(c1)c2c34. The summed E-state index contributed by atoms with van der Waals surface area (Å²) in [6.45, 7) is 0. The van der Waals surface area contributed by atoms with Gasteiger partial charge in [0.15, 0.2) is 0 Å². The molecular formula is C74H48. The Morgan fingerprint density at radius 2 is 0.324 bits per heavy atom. The average Bonchev–Trinajstić information content (AvgIpc) is 3.47. The predicted molar refractivity (Wildman–Crippen MR) is 315 cm³/mol. The third kappa shape index (κ3) is 4.66. The van der Waals surface area contributed by atoms with Gasteiger partial charge in [0.05, 0.1) is 0 Å². The smallest absolute Gasteiger partial charge is 0.00154 e. The minimum absolute atomic E-state index is 0.158. The maximum Gasteiger partial charge on any atom is -0.00154 e. The van der Waals surface area contributed by atoms with E-state index in [2.05, 4.69) is 218 Å². The molecule has 0 unspecified atom stereocenters. The van der Waals surface area contributed by atoms with Crippen LogP contribution >= 0.6 is 0 Å². The molecule has 0 nitrogen and oxygen atoms in total. The lowest BCUT2D eigenvalue weighted by atomic mass is 9.31. The molecule has 4 aliphatic carbocycles. The molecule has 0 amide bonds. The maximum absolute atomic E-state index is 2.63. The van der Waals surface area contributed by atoms with Gasteiger partial charge in [-0.3, -0.25) is 0 Å². The molecule has 20 rings (SSSR count). The minimum atomic E-state index is -0.158. The fourth-order valence-corrected chi connectivity index (χ4v) is 18.6. The van der Waals surface area contributed by atoms with Crippen molar-refractivity contribution < 1.29 is 0 Å². The largest absolute Gasteiger partial charge is 0.0610 e. The van der Waals surface area contributed by atoms with Crippen molar-refractivity contribution in [3.05, 3.63) is 241 Å². The zero-order valence-corrected chi connectivity index (χ0v) is 41.0. The second kappa shape index (κ2) is 13.1. The van der Waals surface area contributed by atoms with Gasteiger partial charge in [0.25, 0.3) is 0 Å². The molecule has 16 aromatic rings. The van der Waals surface area contributed by atoms with Crippen LogP contribution in [-0.4, -0.2) is 0 Å². The van der Waals surface area contributed by atoms with E-state index in [0.29, 0.717) is 0 Å². The molecule has 0 N–H and O–H groups in total. The second-order valence-electron chi connectivity index (χ2n) is 24.1. The van der Waals surface area contributed by atoms with E-state index in [4.69, 9.17) is 0 Å². The molecule has 4 saturated carbocycles. The fourth-order valence-electron chi connectivity index (χ4n) is 18.6. The Kier molecular flexibility index (Phi) is 6.93. The van der Waals surface area contributed by atoms with Gasteiger partial charge in [-0.05, 0) is 212 Å². The van der Waals surface area contributed by atoms with E-state index in [1.165, 1.54) is 129 Å². The molecule has 4 bridgehead atoms. The van der Waals surface area contributed by atoms with Crippen molar-refractivity contribution in [1.29, 1.82) is 0 Å². The molecule has 0 radical (unpaired) electrons. The quantitative estimate of drug-likeness (QED) is 0.154. The first-order valence-corrected chi connectivity index (χ1v) is 27.1. The summed E-state index contributed by atoms with van der Waals surface area (Å²) in [5, 5.41) is 33.3. The van der Waals surface area contributed by atoms with Gasteiger partial charge in [0.2, 0.25) is 0 Å². The zero-order chi connectivity index (χ0) is 47.9. The van der Waals surface area contributed by atoms with E-state index < -0.39 is 0 Å². The average molecular weight is 937 g/mol. The van der Waals surface area contributed by atoms with Crippen LogP contribution in [0.5, 0.6) is 0 Å². The predicted octanol–water partition coefficient (Wildman–Crippen LogP) is 19.7. The molecule has 0 aliphatic heterocycles. The van der Waals surface area contributed by atoms with Crippen molar-refractivity contribution in [3.8, 4) is 0 Å². The number of hydrogen-bond acceptors (Lipinski definition) is 0. The van der Waals surface area contributed by atoms with E-state index in [1.54, 1.807) is 22.3 Å². The van der Waals surface area contributed by atoms with Crippen molar-refractivity contribution in [2.75, 3.05) is 0 Å². The highest BCUT2D eigenvalue weighted by atomic mass is 14.7. The lowest BCUT2D eigenvalue weighted by Gasteiger charge is -2.72. The van der Waals surface area contributed by atoms with E-state index in [0.717, 1.165) is 38.5 Å². The van der Waals surface area contributed by atoms with Crippen LogP contribution in [0.4, 0.5) is 0 Å². The minimum Gasteiger partial charge on any atom is -0.0610 e. The molecule has 0 saturated heterocycles. The number of rotatable bonds is 4. The summed E-state index contributed by atoms with van der Waals surface area (Å²) in [5.74, 6) is 0. The van der Waals surface area contributed by atoms with Crippen LogP contribution in [0.1, 0.15) is 60.8 Å². The van der Waals surface area contributed by atoms with Gasteiger partial charge in [-0.2, -0.15) is 0 Å². The van der Waals surface area contributed by atoms with E-state index >= 15 is 0 Å². The monoisotopic (exact) mass is 936 g/mol. The van der Waals surface area contributed by atoms with Crippen molar-refractivity contribution >= 4 is 129 Å². The lowest BCUT2D eigenvalue weighted by molar-refractivity contribution is -0.0670. The van der Waals surface area contributed by atoms with Crippen LogP contribution in [0, 0.1) is 0 Å². The first-order valence-electron chi connectivity index (χ1n) is 27.1. The van der Waals surface area contributed by atoms with Gasteiger partial charge < -0.3 is 0 Å². The molecule has 16 aromatic carbocycles. The molecular weight excluding hydrogens is 889 g/mol. The highest BCUT2D eigenvalue weighted by molar-refractivity contribution is 6.27. The molecule has 0 aromatic heterocycles. The summed E-state index contributed by atoms with van der Waals surface area (Å²) in [5.41, 5.74) is 5.62. The van der Waals surface area contributed by atoms with Crippen LogP contribution in [0.15, 0.2) is 218 Å². The van der Waals surface area contributed by atoms with Gasteiger partial charge in [0, 0.05) is 0 Å². The molecule has 4 fully saturated rings. The van der Waals surface area contributed by atoms with Gasteiger partial charge >= 0.3 is 0 Å². The van der Waals surface area contributed by atoms with Crippen LogP contribution < -0.4 is 0 Å². The highest BCUT2D eigenvalue weighted by Gasteiger charge is 2.70. The molecule has 0 heterocycles. The van der Waals surface area contributed by atoms with Crippen molar-refractivity contribution in [2.24, 2.45) is 0 Å². The molecule has 0 heteroatoms. The fraction of sp³-hybridized carbons (Fsp3) is 0.135. The molecule has 74 heavy (non-hydrogen) atoms. The van der Waals surface area contributed by atoms with Crippen LogP contribution in [0.2, 0.25) is 0 Å². The third-order valence-corrected chi connectivity index (χ3v) is 20.5. The maximum atomic E-state index is 2.63. The summed E-state index contributed by atoms with van der Waals surface area (Å²) < 4.78 is 0. The number of benzene rings is 16. The van der Waals surface area contributed by atoms with Gasteiger partial charge in [0.1, 0.15) is 0 Å². The zero-order valence-electron chi connectivity index (χ0n) is 41.0. The van der Waals surface area contributed by atoms with Crippen LogP contribution in [0.25, 0.3) is 129 Å². The molecule has 344 valence electrons. The lowest BCUT2D eigenvalue weighted by Crippen LogP contribution is -2.67. The Bertz CT molecular complexity index is 4360. The Morgan fingerprint density at radius 1 is 0.162 bits per heavy atom. The summed E-state index contributed by atoms with van der Waals surface area (Å²) in [6, 6.07) is 87.0. The van der Waals surface area contributed by atoms with Gasteiger partial charge in [-0.15, -0.1) is 0 Å². The first kappa shape index (κ1) is 39.2. The van der Waals surface area contributed by atoms with Crippen molar-refractivity contribution in [3.63, 3.8) is 0 Å². The van der Waals surface area contributed by atoms with E-state index in [-0.39, 0.29) is 21.7 Å². The third-order valence-electron chi connectivity index (χ3n) is 20.5. The van der Waals surface area contributed by atoms with Crippen LogP contribution in [0.3, 0.4) is 0 Å². The van der Waals surface area contributed by atoms with Gasteiger partial charge in [-0.1, -0.05) is 218 Å². The Morgan fingerprint density at radius 3 is 0.527 bits per heavy atom. The van der Waals surface area contributed by atoms with E-state index in [1.807, 2.05) is 0 Å². The molecule has 0 atom stereocenters. The van der Waals surface area contributed by atoms with E-state index in [9.17, 15) is 0 Å². The Labute approximate surface area is 427 Å².